The quantitative estimate of drug-likeness (QED) is 0.459. The summed E-state index contributed by atoms with van der Waals surface area (Å²) in [6.07, 6.45) is 1.63. The molecular formula is C7H15IN2O2S. The zero-order chi connectivity index (χ0) is 10.1. The molecule has 0 amide bonds. The van der Waals surface area contributed by atoms with E-state index in [0.717, 1.165) is 13.0 Å². The van der Waals surface area contributed by atoms with Crippen molar-refractivity contribution in [2.24, 2.45) is 5.14 Å². The number of hydrogen-bond acceptors (Lipinski definition) is 3. The summed E-state index contributed by atoms with van der Waals surface area (Å²) in [4.78, 5) is 2.15. The topological polar surface area (TPSA) is 63.4 Å². The van der Waals surface area contributed by atoms with E-state index in [0.29, 0.717) is 17.0 Å². The number of halogens is 1. The first-order valence-corrected chi connectivity index (χ1v) is 7.16. The van der Waals surface area contributed by atoms with Gasteiger partial charge in [0, 0.05) is 6.54 Å². The Bertz CT molecular complexity index is 266. The highest BCUT2D eigenvalue weighted by atomic mass is 127. The smallest absolute Gasteiger partial charge is 0.213 e. The first-order chi connectivity index (χ1) is 5.91. The second kappa shape index (κ2) is 4.41. The number of piperidine rings is 1. The Morgan fingerprint density at radius 3 is 2.69 bits per heavy atom. The summed E-state index contributed by atoms with van der Waals surface area (Å²) in [5.41, 5.74) is 0. The number of alkyl halides is 1. The fourth-order valence-electron chi connectivity index (χ4n) is 1.56. The Morgan fingerprint density at radius 2 is 2.23 bits per heavy atom. The summed E-state index contributed by atoms with van der Waals surface area (Å²) in [7, 11) is -3.34. The molecule has 1 aliphatic heterocycles. The van der Waals surface area contributed by atoms with Gasteiger partial charge in [0.05, 0.1) is 9.30 Å². The number of nitrogens with two attached hydrogens (primary N) is 1. The molecule has 1 fully saturated rings. The van der Waals surface area contributed by atoms with Crippen LogP contribution in [0, 0.1) is 0 Å². The van der Waals surface area contributed by atoms with Crippen LogP contribution in [0.3, 0.4) is 0 Å². The summed E-state index contributed by atoms with van der Waals surface area (Å²) in [6.45, 7) is 3.63. The van der Waals surface area contributed by atoms with Gasteiger partial charge in [-0.25, -0.2) is 13.6 Å². The Balaban J connectivity index is 2.62. The highest BCUT2D eigenvalue weighted by Gasteiger charge is 2.29. The molecule has 1 aliphatic rings. The van der Waals surface area contributed by atoms with Crippen molar-refractivity contribution in [1.29, 1.82) is 0 Å². The lowest BCUT2D eigenvalue weighted by Crippen LogP contribution is -2.46. The molecule has 0 saturated carbocycles. The van der Waals surface area contributed by atoms with Crippen LogP contribution in [-0.2, 0) is 10.0 Å². The van der Waals surface area contributed by atoms with Crippen molar-refractivity contribution in [2.45, 2.75) is 29.1 Å². The maximum Gasteiger partial charge on any atom is 0.213 e. The molecule has 0 aromatic heterocycles. The summed E-state index contributed by atoms with van der Waals surface area (Å²) in [6, 6.07) is 0. The molecular weight excluding hydrogens is 303 g/mol. The predicted octanol–water partition coefficient (Wildman–Crippen LogP) is 0.520. The standard InChI is InChI=1S/C7H15IN2O2S/c1-6(8)10-4-2-3-7(5-10)13(9,11)12/h6-7H,2-5H2,1H3,(H2,9,11,12). The molecule has 4 nitrogen and oxygen atoms in total. The van der Waals surface area contributed by atoms with Crippen LogP contribution in [0.25, 0.3) is 0 Å². The van der Waals surface area contributed by atoms with E-state index in [1.807, 2.05) is 0 Å². The molecule has 0 aromatic carbocycles. The van der Waals surface area contributed by atoms with E-state index in [1.165, 1.54) is 0 Å². The van der Waals surface area contributed by atoms with Crippen LogP contribution in [0.4, 0.5) is 0 Å². The van der Waals surface area contributed by atoms with Gasteiger partial charge in [-0.3, -0.25) is 4.90 Å². The molecule has 0 spiro atoms. The number of hydrogen-bond donors (Lipinski definition) is 1. The molecule has 13 heavy (non-hydrogen) atoms. The third-order valence-electron chi connectivity index (χ3n) is 2.38. The highest BCUT2D eigenvalue weighted by Crippen LogP contribution is 2.19. The molecule has 6 heteroatoms. The van der Waals surface area contributed by atoms with Gasteiger partial charge in [-0.15, -0.1) is 0 Å². The second-order valence-electron chi connectivity index (χ2n) is 3.42. The minimum Gasteiger partial charge on any atom is -0.290 e. The van der Waals surface area contributed by atoms with Crippen molar-refractivity contribution < 1.29 is 8.42 Å². The average molecular weight is 318 g/mol. The number of nitrogens with zero attached hydrogens (tertiary/aromatic N) is 1. The largest absolute Gasteiger partial charge is 0.290 e. The fourth-order valence-corrected chi connectivity index (χ4v) is 2.96. The van der Waals surface area contributed by atoms with Crippen LogP contribution in [0.2, 0.25) is 0 Å². The van der Waals surface area contributed by atoms with E-state index in [-0.39, 0.29) is 5.25 Å². The van der Waals surface area contributed by atoms with Gasteiger partial charge in [0.25, 0.3) is 0 Å². The SMILES string of the molecule is CC(I)N1CCCC(S(N)(=O)=O)C1. The molecule has 78 valence electrons. The molecule has 2 atom stereocenters. The predicted molar refractivity (Wildman–Crippen MR) is 61.2 cm³/mol. The van der Waals surface area contributed by atoms with Crippen LogP contribution in [-0.4, -0.2) is 35.7 Å². The lowest BCUT2D eigenvalue weighted by Gasteiger charge is -2.33. The van der Waals surface area contributed by atoms with Gasteiger partial charge in [0.15, 0.2) is 0 Å². The average Bonchev–Trinajstić information content (AvgIpc) is 2.03. The molecule has 1 heterocycles. The van der Waals surface area contributed by atoms with E-state index in [2.05, 4.69) is 34.4 Å². The Kier molecular flexibility index (Phi) is 3.96. The normalized spacial score (nSPS) is 28.7. The summed E-state index contributed by atoms with van der Waals surface area (Å²) in [5.74, 6) is 0. The van der Waals surface area contributed by atoms with Crippen molar-refractivity contribution >= 4 is 32.6 Å². The van der Waals surface area contributed by atoms with Crippen molar-refractivity contribution in [3.05, 3.63) is 0 Å². The van der Waals surface area contributed by atoms with Gasteiger partial charge >= 0.3 is 0 Å². The molecule has 0 bridgehead atoms. The maximum atomic E-state index is 11.1. The maximum absolute atomic E-state index is 11.1. The summed E-state index contributed by atoms with van der Waals surface area (Å²) < 4.78 is 22.6. The number of likely N-dealkylation sites (tertiary alicyclic amines) is 1. The van der Waals surface area contributed by atoms with Gasteiger partial charge in [0.2, 0.25) is 10.0 Å². The zero-order valence-corrected chi connectivity index (χ0v) is 10.6. The second-order valence-corrected chi connectivity index (χ2v) is 7.07. The highest BCUT2D eigenvalue weighted by molar-refractivity contribution is 14.1. The van der Waals surface area contributed by atoms with Crippen molar-refractivity contribution in [3.63, 3.8) is 0 Å². The van der Waals surface area contributed by atoms with Crippen LogP contribution < -0.4 is 5.14 Å². The van der Waals surface area contributed by atoms with Gasteiger partial charge < -0.3 is 0 Å². The Morgan fingerprint density at radius 1 is 1.62 bits per heavy atom. The summed E-state index contributed by atoms with van der Waals surface area (Å²) in [5, 5.41) is 4.75. The number of rotatable bonds is 2. The fraction of sp³-hybridized carbons (Fsp3) is 1.00. The van der Waals surface area contributed by atoms with Crippen molar-refractivity contribution in [2.75, 3.05) is 13.1 Å². The number of primary sulfonamides is 1. The van der Waals surface area contributed by atoms with E-state index in [4.69, 9.17) is 5.14 Å². The van der Waals surface area contributed by atoms with Gasteiger partial charge in [0.1, 0.15) is 0 Å². The van der Waals surface area contributed by atoms with Crippen LogP contribution in [0.5, 0.6) is 0 Å². The van der Waals surface area contributed by atoms with Crippen LogP contribution >= 0.6 is 22.6 Å². The third kappa shape index (κ3) is 3.34. The first kappa shape index (κ1) is 11.7. The van der Waals surface area contributed by atoms with E-state index in [1.54, 1.807) is 0 Å². The molecule has 2 N–H and O–H groups in total. The Hall–Kier alpha value is 0.600. The zero-order valence-electron chi connectivity index (χ0n) is 7.61. The van der Waals surface area contributed by atoms with Gasteiger partial charge in [-0.05, 0) is 26.3 Å². The molecule has 1 saturated heterocycles. The van der Waals surface area contributed by atoms with Crippen molar-refractivity contribution in [1.82, 2.24) is 4.90 Å². The van der Waals surface area contributed by atoms with E-state index in [9.17, 15) is 8.42 Å². The summed E-state index contributed by atoms with van der Waals surface area (Å²) >= 11 is 2.29. The minimum absolute atomic E-state index is 0.363. The van der Waals surface area contributed by atoms with Crippen LogP contribution in [0.1, 0.15) is 19.8 Å². The lowest BCUT2D eigenvalue weighted by molar-refractivity contribution is 0.232. The third-order valence-corrected chi connectivity index (χ3v) is 4.48. The first-order valence-electron chi connectivity index (χ1n) is 4.31. The monoisotopic (exact) mass is 318 g/mol. The van der Waals surface area contributed by atoms with E-state index >= 15 is 0 Å². The van der Waals surface area contributed by atoms with Crippen molar-refractivity contribution in [3.8, 4) is 0 Å². The Labute approximate surface area is 93.0 Å². The molecule has 0 radical (unpaired) electrons. The molecule has 0 aromatic rings. The van der Waals surface area contributed by atoms with Gasteiger partial charge in [-0.2, -0.15) is 0 Å². The van der Waals surface area contributed by atoms with Gasteiger partial charge in [-0.1, -0.05) is 22.6 Å². The van der Waals surface area contributed by atoms with E-state index < -0.39 is 10.0 Å². The minimum atomic E-state index is -3.34. The molecule has 1 rings (SSSR count). The molecule has 2 unspecified atom stereocenters. The number of sulfonamides is 1. The van der Waals surface area contributed by atoms with Crippen LogP contribution in [0.15, 0.2) is 0 Å². The lowest BCUT2D eigenvalue weighted by atomic mass is 10.1. The molecule has 0 aliphatic carbocycles.